The Bertz CT molecular complexity index is 897. The molecule has 4 rings (SSSR count). The van der Waals surface area contributed by atoms with E-state index in [1.165, 1.54) is 11.6 Å². The number of pyridine rings is 1. The van der Waals surface area contributed by atoms with Gasteiger partial charge in [0.15, 0.2) is 11.6 Å². The molecule has 1 aliphatic rings. The molecule has 0 bridgehead atoms. The van der Waals surface area contributed by atoms with Gasteiger partial charge in [-0.25, -0.2) is 4.39 Å². The molecule has 0 unspecified atom stereocenters. The number of piperidine rings is 1. The molecule has 0 radical (unpaired) electrons. The van der Waals surface area contributed by atoms with Gasteiger partial charge in [-0.3, -0.25) is 9.88 Å². The monoisotopic (exact) mass is 355 g/mol. The van der Waals surface area contributed by atoms with Crippen LogP contribution in [0.25, 0.3) is 10.8 Å². The van der Waals surface area contributed by atoms with E-state index >= 15 is 0 Å². The predicted octanol–water partition coefficient (Wildman–Crippen LogP) is 4.02. The van der Waals surface area contributed by atoms with Gasteiger partial charge in [0.05, 0.1) is 5.69 Å². The highest BCUT2D eigenvalue weighted by atomic mass is 19.1. The van der Waals surface area contributed by atoms with Crippen molar-refractivity contribution in [1.29, 1.82) is 0 Å². The number of fused-ring (bicyclic) bond motifs is 1. The largest absolute Gasteiger partial charge is 0.487 e. The molecule has 1 fully saturated rings. The fraction of sp³-hybridized carbons (Fsp3) is 0.400. The van der Waals surface area contributed by atoms with Crippen LogP contribution in [0, 0.1) is 19.7 Å². The molecule has 3 aromatic rings. The van der Waals surface area contributed by atoms with Crippen LogP contribution >= 0.6 is 0 Å². The third-order valence-electron chi connectivity index (χ3n) is 5.08. The van der Waals surface area contributed by atoms with Crippen molar-refractivity contribution >= 4 is 10.8 Å². The van der Waals surface area contributed by atoms with Crippen LogP contribution in [-0.4, -0.2) is 34.2 Å². The highest BCUT2D eigenvalue weighted by molar-refractivity contribution is 5.83. The highest BCUT2D eigenvalue weighted by Gasteiger charge is 2.23. The number of nitrogens with zero attached hydrogens (tertiary/aromatic N) is 3. The summed E-state index contributed by atoms with van der Waals surface area (Å²) >= 11 is 0. The molecule has 0 saturated carbocycles. The first-order chi connectivity index (χ1) is 12.6. The van der Waals surface area contributed by atoms with E-state index in [4.69, 9.17) is 9.26 Å². The van der Waals surface area contributed by atoms with Crippen molar-refractivity contribution in [3.8, 4) is 5.75 Å². The number of rotatable bonds is 4. The third kappa shape index (κ3) is 3.42. The number of aromatic nitrogens is 2. The zero-order chi connectivity index (χ0) is 18.1. The second-order valence-corrected chi connectivity index (χ2v) is 6.90. The molecule has 136 valence electrons. The maximum Gasteiger partial charge on any atom is 0.165 e. The number of benzene rings is 1. The summed E-state index contributed by atoms with van der Waals surface area (Å²) in [7, 11) is 0. The molecule has 0 aliphatic carbocycles. The van der Waals surface area contributed by atoms with Gasteiger partial charge in [-0.1, -0.05) is 5.16 Å². The topological polar surface area (TPSA) is 51.4 Å². The molecule has 3 heterocycles. The fourth-order valence-electron chi connectivity index (χ4n) is 3.49. The van der Waals surface area contributed by atoms with E-state index in [0.29, 0.717) is 5.75 Å². The first-order valence-electron chi connectivity index (χ1n) is 8.94. The molecule has 1 saturated heterocycles. The van der Waals surface area contributed by atoms with E-state index in [1.54, 1.807) is 18.5 Å². The zero-order valence-corrected chi connectivity index (χ0v) is 15.0. The van der Waals surface area contributed by atoms with Gasteiger partial charge >= 0.3 is 0 Å². The lowest BCUT2D eigenvalue weighted by Gasteiger charge is -2.32. The summed E-state index contributed by atoms with van der Waals surface area (Å²) in [4.78, 5) is 6.40. The van der Waals surface area contributed by atoms with E-state index < -0.39 is 0 Å². The van der Waals surface area contributed by atoms with Gasteiger partial charge in [-0.2, -0.15) is 0 Å². The van der Waals surface area contributed by atoms with Gasteiger partial charge < -0.3 is 9.26 Å². The van der Waals surface area contributed by atoms with Crippen LogP contribution in [0.1, 0.15) is 29.9 Å². The van der Waals surface area contributed by atoms with Crippen molar-refractivity contribution in [1.82, 2.24) is 15.0 Å². The Hall–Kier alpha value is -2.47. The van der Waals surface area contributed by atoms with Gasteiger partial charge in [0.25, 0.3) is 0 Å². The van der Waals surface area contributed by atoms with E-state index in [-0.39, 0.29) is 11.9 Å². The summed E-state index contributed by atoms with van der Waals surface area (Å²) in [6, 6.07) is 5.13. The van der Waals surface area contributed by atoms with Crippen LogP contribution in [0.4, 0.5) is 4.39 Å². The Morgan fingerprint density at radius 1 is 1.23 bits per heavy atom. The first-order valence-corrected chi connectivity index (χ1v) is 8.94. The summed E-state index contributed by atoms with van der Waals surface area (Å²) in [5.41, 5.74) is 2.12. The highest BCUT2D eigenvalue weighted by Crippen LogP contribution is 2.27. The molecular weight excluding hydrogens is 333 g/mol. The van der Waals surface area contributed by atoms with E-state index in [0.717, 1.165) is 54.7 Å². The van der Waals surface area contributed by atoms with Crippen molar-refractivity contribution < 1.29 is 13.7 Å². The molecular formula is C20H22FN3O2. The van der Waals surface area contributed by atoms with E-state index in [2.05, 4.69) is 15.0 Å². The number of aryl methyl sites for hydroxylation is 2. The Morgan fingerprint density at radius 2 is 2.04 bits per heavy atom. The van der Waals surface area contributed by atoms with Crippen LogP contribution in [0.3, 0.4) is 0 Å². The summed E-state index contributed by atoms with van der Waals surface area (Å²) < 4.78 is 25.5. The first kappa shape index (κ1) is 17.0. The molecule has 1 aromatic carbocycles. The van der Waals surface area contributed by atoms with Crippen LogP contribution < -0.4 is 4.74 Å². The lowest BCUT2D eigenvalue weighted by atomic mass is 10.1. The van der Waals surface area contributed by atoms with Crippen LogP contribution in [-0.2, 0) is 6.54 Å². The molecule has 0 spiro atoms. The maximum atomic E-state index is 14.3. The Kier molecular flexibility index (Phi) is 4.59. The smallest absolute Gasteiger partial charge is 0.165 e. The average Bonchev–Trinajstić information content (AvgIpc) is 2.96. The number of hydrogen-bond acceptors (Lipinski definition) is 5. The van der Waals surface area contributed by atoms with E-state index in [1.807, 2.05) is 19.9 Å². The molecule has 2 aromatic heterocycles. The number of halogens is 1. The summed E-state index contributed by atoms with van der Waals surface area (Å²) in [5.74, 6) is 0.880. The van der Waals surface area contributed by atoms with Gasteiger partial charge in [0.2, 0.25) is 0 Å². The minimum atomic E-state index is -0.330. The van der Waals surface area contributed by atoms with Gasteiger partial charge in [0.1, 0.15) is 11.9 Å². The molecule has 1 aliphatic heterocycles. The number of likely N-dealkylation sites (tertiary alicyclic amines) is 1. The summed E-state index contributed by atoms with van der Waals surface area (Å²) in [6.07, 6.45) is 5.14. The molecule has 0 atom stereocenters. The molecule has 5 nitrogen and oxygen atoms in total. The molecule has 0 N–H and O–H groups in total. The normalized spacial score (nSPS) is 16.3. The van der Waals surface area contributed by atoms with Crippen molar-refractivity contribution in [3.63, 3.8) is 0 Å². The zero-order valence-electron chi connectivity index (χ0n) is 15.0. The van der Waals surface area contributed by atoms with Crippen molar-refractivity contribution in [2.75, 3.05) is 13.1 Å². The Labute approximate surface area is 151 Å². The molecule has 6 heteroatoms. The lowest BCUT2D eigenvalue weighted by Crippen LogP contribution is -2.38. The summed E-state index contributed by atoms with van der Waals surface area (Å²) in [5, 5.41) is 5.74. The van der Waals surface area contributed by atoms with Gasteiger partial charge in [0, 0.05) is 43.0 Å². The average molecular weight is 355 g/mol. The SMILES string of the molecule is Cc1noc(C)c1CN1CCC(Oc2cc3ccncc3cc2F)CC1. The third-order valence-corrected chi connectivity index (χ3v) is 5.08. The minimum absolute atomic E-state index is 0.0321. The van der Waals surface area contributed by atoms with Crippen molar-refractivity contribution in [2.45, 2.75) is 39.3 Å². The Morgan fingerprint density at radius 3 is 2.77 bits per heavy atom. The minimum Gasteiger partial charge on any atom is -0.487 e. The maximum absolute atomic E-state index is 14.3. The Balaban J connectivity index is 1.39. The van der Waals surface area contributed by atoms with Crippen LogP contribution in [0.2, 0.25) is 0 Å². The predicted molar refractivity (Wildman–Crippen MR) is 96.6 cm³/mol. The van der Waals surface area contributed by atoms with Gasteiger partial charge in [-0.05, 0) is 50.3 Å². The lowest BCUT2D eigenvalue weighted by molar-refractivity contribution is 0.0934. The van der Waals surface area contributed by atoms with Crippen LogP contribution in [0.15, 0.2) is 35.1 Å². The van der Waals surface area contributed by atoms with Crippen molar-refractivity contribution in [2.24, 2.45) is 0 Å². The summed E-state index contributed by atoms with van der Waals surface area (Å²) in [6.45, 7) is 6.58. The number of ether oxygens (including phenoxy) is 1. The quantitative estimate of drug-likeness (QED) is 0.707. The van der Waals surface area contributed by atoms with Gasteiger partial charge in [-0.15, -0.1) is 0 Å². The standard InChI is InChI=1S/C20H22FN3O2/c1-13-18(14(2)26-23-13)12-24-7-4-17(5-8-24)25-20-10-15-3-6-22-11-16(15)9-19(20)21/h3,6,9-11,17H,4-5,7-8,12H2,1-2H3. The molecule has 0 amide bonds. The second kappa shape index (κ2) is 7.03. The van der Waals surface area contributed by atoms with E-state index in [9.17, 15) is 4.39 Å². The van der Waals surface area contributed by atoms with Crippen LogP contribution in [0.5, 0.6) is 5.75 Å². The second-order valence-electron chi connectivity index (χ2n) is 6.90. The number of hydrogen-bond donors (Lipinski definition) is 0. The van der Waals surface area contributed by atoms with Crippen molar-refractivity contribution in [3.05, 3.63) is 53.4 Å². The molecule has 26 heavy (non-hydrogen) atoms. The fourth-order valence-corrected chi connectivity index (χ4v) is 3.49.